The summed E-state index contributed by atoms with van der Waals surface area (Å²) in [6.07, 6.45) is 19.0. The molecule has 0 N–H and O–H groups in total. The normalized spacial score (nSPS) is 11.3. The van der Waals surface area contributed by atoms with E-state index < -0.39 is 0 Å². The first kappa shape index (κ1) is 20.7. The molecule has 1 aromatic rings. The third kappa shape index (κ3) is 7.42. The first-order valence-electron chi connectivity index (χ1n) is 10.4. The quantitative estimate of drug-likeness (QED) is 0.303. The molecule has 1 heterocycles. The van der Waals surface area contributed by atoms with Crippen LogP contribution in [-0.2, 0) is 25.7 Å². The van der Waals surface area contributed by atoms with E-state index in [1.807, 2.05) is 0 Å². The fourth-order valence-electron chi connectivity index (χ4n) is 3.35. The van der Waals surface area contributed by atoms with Crippen LogP contribution >= 0.6 is 11.3 Å². The van der Waals surface area contributed by atoms with E-state index in [0.29, 0.717) is 0 Å². The molecule has 0 aromatic carbocycles. The van der Waals surface area contributed by atoms with Gasteiger partial charge in [0.05, 0.1) is 0 Å². The number of aryl methyl sites for hydroxylation is 2. The molecule has 1 rings (SSSR count). The Bertz CT molecular complexity index is 402. The van der Waals surface area contributed by atoms with Gasteiger partial charge in [0.15, 0.2) is 0 Å². The van der Waals surface area contributed by atoms with Gasteiger partial charge in [0.2, 0.25) is 0 Å². The van der Waals surface area contributed by atoms with Crippen LogP contribution in [0.2, 0.25) is 0 Å². The van der Waals surface area contributed by atoms with E-state index in [0.717, 1.165) is 0 Å². The molecule has 0 radical (unpaired) electrons. The first-order valence-corrected chi connectivity index (χ1v) is 11.2. The molecule has 0 saturated heterocycles. The Hall–Kier alpha value is -0.300. The molecule has 134 valence electrons. The molecule has 0 bridgehead atoms. The molecular weight excluding hydrogens is 296 g/mol. The van der Waals surface area contributed by atoms with Gasteiger partial charge in [-0.3, -0.25) is 0 Å². The summed E-state index contributed by atoms with van der Waals surface area (Å²) in [5.74, 6) is 0. The molecular formula is C22H40S. The summed E-state index contributed by atoms with van der Waals surface area (Å²) in [6, 6.07) is 0. The minimum Gasteiger partial charge on any atom is -0.145 e. The average molecular weight is 337 g/mol. The third-order valence-corrected chi connectivity index (χ3v) is 6.25. The van der Waals surface area contributed by atoms with Crippen LogP contribution in [0.4, 0.5) is 0 Å². The van der Waals surface area contributed by atoms with Crippen molar-refractivity contribution in [3.63, 3.8) is 0 Å². The van der Waals surface area contributed by atoms with Gasteiger partial charge in [0.25, 0.3) is 0 Å². The van der Waals surface area contributed by atoms with Crippen molar-refractivity contribution < 1.29 is 0 Å². The highest BCUT2D eigenvalue weighted by Gasteiger charge is 2.16. The van der Waals surface area contributed by atoms with Crippen molar-refractivity contribution in [2.75, 3.05) is 0 Å². The fraction of sp³-hybridized carbons (Fsp3) is 0.818. The first-order chi connectivity index (χ1) is 11.3. The van der Waals surface area contributed by atoms with Gasteiger partial charge >= 0.3 is 0 Å². The van der Waals surface area contributed by atoms with Gasteiger partial charge in [-0.15, -0.1) is 11.3 Å². The van der Waals surface area contributed by atoms with Crippen molar-refractivity contribution in [2.45, 2.75) is 118 Å². The molecule has 0 amide bonds. The van der Waals surface area contributed by atoms with Crippen molar-refractivity contribution >= 4 is 11.3 Å². The largest absolute Gasteiger partial charge is 0.145 e. The van der Waals surface area contributed by atoms with Gasteiger partial charge in [-0.25, -0.2) is 0 Å². The maximum atomic E-state index is 2.33. The second-order valence-electron chi connectivity index (χ2n) is 7.03. The molecule has 0 aliphatic rings. The highest BCUT2D eigenvalue weighted by Crippen LogP contribution is 2.34. The van der Waals surface area contributed by atoms with E-state index in [1.54, 1.807) is 20.9 Å². The number of unbranched alkanes of at least 4 members (excludes halogenated alkanes) is 6. The zero-order chi connectivity index (χ0) is 16.9. The van der Waals surface area contributed by atoms with Gasteiger partial charge in [-0.1, -0.05) is 66.2 Å². The van der Waals surface area contributed by atoms with Crippen LogP contribution in [0.25, 0.3) is 0 Å². The summed E-state index contributed by atoms with van der Waals surface area (Å²) in [5, 5.41) is 0. The van der Waals surface area contributed by atoms with Crippen molar-refractivity contribution in [1.82, 2.24) is 0 Å². The Morgan fingerprint density at radius 3 is 1.39 bits per heavy atom. The average Bonchev–Trinajstić information content (AvgIpc) is 2.89. The van der Waals surface area contributed by atoms with Crippen molar-refractivity contribution in [2.24, 2.45) is 0 Å². The molecule has 0 spiro atoms. The van der Waals surface area contributed by atoms with Crippen LogP contribution in [-0.4, -0.2) is 0 Å². The highest BCUT2D eigenvalue weighted by molar-refractivity contribution is 7.12. The number of rotatable bonds is 14. The number of hydrogen-bond acceptors (Lipinski definition) is 1. The van der Waals surface area contributed by atoms with Crippen LogP contribution in [0.15, 0.2) is 0 Å². The van der Waals surface area contributed by atoms with Crippen molar-refractivity contribution in [3.05, 3.63) is 20.9 Å². The van der Waals surface area contributed by atoms with Gasteiger partial charge in [-0.05, 0) is 62.5 Å². The summed E-state index contributed by atoms with van der Waals surface area (Å²) >= 11 is 2.18. The minimum atomic E-state index is 1.32. The van der Waals surface area contributed by atoms with E-state index >= 15 is 0 Å². The van der Waals surface area contributed by atoms with Crippen LogP contribution in [0.3, 0.4) is 0 Å². The second-order valence-corrected chi connectivity index (χ2v) is 8.22. The van der Waals surface area contributed by atoms with E-state index in [1.165, 1.54) is 89.9 Å². The minimum absolute atomic E-state index is 1.32. The lowest BCUT2D eigenvalue weighted by Crippen LogP contribution is -1.98. The summed E-state index contributed by atoms with van der Waals surface area (Å²) in [6.45, 7) is 9.29. The molecule has 0 fully saturated rings. The lowest BCUT2D eigenvalue weighted by Gasteiger charge is -2.09. The molecule has 1 heteroatoms. The zero-order valence-electron chi connectivity index (χ0n) is 16.3. The van der Waals surface area contributed by atoms with Gasteiger partial charge in [0.1, 0.15) is 0 Å². The lowest BCUT2D eigenvalue weighted by atomic mass is 9.95. The number of hydrogen-bond donors (Lipinski definition) is 0. The summed E-state index contributed by atoms with van der Waals surface area (Å²) in [5.41, 5.74) is 3.57. The fourth-order valence-corrected chi connectivity index (χ4v) is 4.84. The SMILES string of the molecule is CCCCCCc1sc(CCCC)c(CCCC)c1CCCC. The summed E-state index contributed by atoms with van der Waals surface area (Å²) in [4.78, 5) is 3.50. The van der Waals surface area contributed by atoms with Crippen molar-refractivity contribution in [3.8, 4) is 0 Å². The van der Waals surface area contributed by atoms with Gasteiger partial charge in [0, 0.05) is 9.75 Å². The van der Waals surface area contributed by atoms with Crippen molar-refractivity contribution in [1.29, 1.82) is 0 Å². The van der Waals surface area contributed by atoms with Crippen LogP contribution in [0.1, 0.15) is 113 Å². The van der Waals surface area contributed by atoms with E-state index in [2.05, 4.69) is 39.0 Å². The molecule has 0 unspecified atom stereocenters. The van der Waals surface area contributed by atoms with Gasteiger partial charge < -0.3 is 0 Å². The predicted octanol–water partition coefficient (Wildman–Crippen LogP) is 7.90. The highest BCUT2D eigenvalue weighted by atomic mass is 32.1. The number of thiophene rings is 1. The summed E-state index contributed by atoms with van der Waals surface area (Å²) in [7, 11) is 0. The maximum Gasteiger partial charge on any atom is 0.00830 e. The molecule has 0 aliphatic carbocycles. The monoisotopic (exact) mass is 336 g/mol. The molecule has 0 nitrogen and oxygen atoms in total. The third-order valence-electron chi connectivity index (χ3n) is 4.86. The molecule has 0 aliphatic heterocycles. The Balaban J connectivity index is 2.91. The van der Waals surface area contributed by atoms with E-state index in [-0.39, 0.29) is 0 Å². The Morgan fingerprint density at radius 2 is 0.913 bits per heavy atom. The van der Waals surface area contributed by atoms with Crippen LogP contribution in [0.5, 0.6) is 0 Å². The van der Waals surface area contributed by atoms with Crippen LogP contribution < -0.4 is 0 Å². The second kappa shape index (κ2) is 13.0. The Morgan fingerprint density at radius 1 is 0.478 bits per heavy atom. The van der Waals surface area contributed by atoms with Crippen LogP contribution in [0, 0.1) is 0 Å². The molecule has 0 saturated carbocycles. The molecule has 0 atom stereocenters. The Kier molecular flexibility index (Phi) is 11.8. The molecule has 1 aromatic heterocycles. The maximum absolute atomic E-state index is 2.33. The summed E-state index contributed by atoms with van der Waals surface area (Å²) < 4.78 is 0. The van der Waals surface area contributed by atoms with E-state index in [4.69, 9.17) is 0 Å². The predicted molar refractivity (Wildman–Crippen MR) is 108 cm³/mol. The topological polar surface area (TPSA) is 0 Å². The standard InChI is InChI=1S/C22H40S/c1-5-9-13-14-18-22-20(16-11-7-3)19(15-10-6-2)21(23-22)17-12-8-4/h5-18H2,1-4H3. The Labute approximate surface area is 150 Å². The van der Waals surface area contributed by atoms with E-state index in [9.17, 15) is 0 Å². The molecule has 23 heavy (non-hydrogen) atoms. The smallest absolute Gasteiger partial charge is 0.00830 e. The lowest BCUT2D eigenvalue weighted by molar-refractivity contribution is 0.665. The zero-order valence-corrected chi connectivity index (χ0v) is 17.1. The van der Waals surface area contributed by atoms with Gasteiger partial charge in [-0.2, -0.15) is 0 Å².